The summed E-state index contributed by atoms with van der Waals surface area (Å²) in [4.78, 5) is 2.34. The van der Waals surface area contributed by atoms with E-state index in [1.807, 2.05) is 7.05 Å². The van der Waals surface area contributed by atoms with Crippen LogP contribution in [-0.4, -0.2) is 44.8 Å². The summed E-state index contributed by atoms with van der Waals surface area (Å²) in [6, 6.07) is 15.3. The molecule has 1 N–H and O–H groups in total. The second-order valence-electron chi connectivity index (χ2n) is 5.51. The predicted octanol–water partition coefficient (Wildman–Crippen LogP) is 2.43. The first-order chi connectivity index (χ1) is 9.79. The van der Waals surface area contributed by atoms with Crippen LogP contribution >= 0.6 is 0 Å². The van der Waals surface area contributed by atoms with E-state index in [0.29, 0.717) is 0 Å². The normalized spacial score (nSPS) is 22.0. The number of likely N-dealkylation sites (N-methyl/N-ethyl adjacent to an activating group) is 2. The molecule has 1 aliphatic rings. The van der Waals surface area contributed by atoms with Gasteiger partial charge in [0.1, 0.15) is 0 Å². The Morgan fingerprint density at radius 3 is 2.80 bits per heavy atom. The first-order valence-corrected chi connectivity index (χ1v) is 7.24. The summed E-state index contributed by atoms with van der Waals surface area (Å²) in [5.41, 5.74) is 1.32. The van der Waals surface area contributed by atoms with Crippen molar-refractivity contribution in [1.82, 2.24) is 10.2 Å². The molecule has 2 unspecified atom stereocenters. The molecule has 1 saturated heterocycles. The van der Waals surface area contributed by atoms with Gasteiger partial charge in [-0.25, -0.2) is 0 Å². The van der Waals surface area contributed by atoms with E-state index in [-0.39, 0.29) is 12.1 Å². The molecule has 0 aromatic heterocycles. The minimum Gasteiger partial charge on any atom is -0.374 e. The van der Waals surface area contributed by atoms with E-state index >= 15 is 0 Å². The summed E-state index contributed by atoms with van der Waals surface area (Å²) >= 11 is 0. The van der Waals surface area contributed by atoms with E-state index in [1.54, 1.807) is 0 Å². The molecule has 0 amide bonds. The lowest BCUT2D eigenvalue weighted by molar-refractivity contribution is -0.0377. The number of hydrogen-bond donors (Lipinski definition) is 1. The first kappa shape index (κ1) is 13.6. The number of nitrogens with zero attached hydrogens (tertiary/aromatic N) is 1. The summed E-state index contributed by atoms with van der Waals surface area (Å²) in [7, 11) is 4.18. The molecule has 1 aliphatic heterocycles. The smallest absolute Gasteiger partial charge is 0.0896 e. The van der Waals surface area contributed by atoms with Crippen LogP contribution in [0.5, 0.6) is 0 Å². The van der Waals surface area contributed by atoms with Crippen molar-refractivity contribution in [3.05, 3.63) is 48.0 Å². The fourth-order valence-electron chi connectivity index (χ4n) is 3.08. The van der Waals surface area contributed by atoms with Gasteiger partial charge in [0.15, 0.2) is 0 Å². The largest absolute Gasteiger partial charge is 0.374 e. The maximum absolute atomic E-state index is 6.00. The highest BCUT2D eigenvalue weighted by Crippen LogP contribution is 2.28. The van der Waals surface area contributed by atoms with Crippen LogP contribution in [0.2, 0.25) is 0 Å². The maximum Gasteiger partial charge on any atom is 0.0896 e. The molecule has 0 radical (unpaired) electrons. The van der Waals surface area contributed by atoms with Gasteiger partial charge in [0, 0.05) is 13.1 Å². The number of fused-ring (bicyclic) bond motifs is 1. The molecule has 0 spiro atoms. The molecule has 2 aromatic carbocycles. The van der Waals surface area contributed by atoms with Gasteiger partial charge in [-0.2, -0.15) is 0 Å². The van der Waals surface area contributed by atoms with Gasteiger partial charge in [-0.3, -0.25) is 0 Å². The molecule has 0 aliphatic carbocycles. The third-order valence-corrected chi connectivity index (χ3v) is 4.14. The number of ether oxygens (including phenoxy) is 1. The molecule has 2 aromatic rings. The summed E-state index contributed by atoms with van der Waals surface area (Å²) in [6.07, 6.45) is 0.199. The second-order valence-corrected chi connectivity index (χ2v) is 5.51. The van der Waals surface area contributed by atoms with Gasteiger partial charge in [0.05, 0.1) is 18.8 Å². The fourth-order valence-corrected chi connectivity index (χ4v) is 3.08. The second kappa shape index (κ2) is 5.92. The van der Waals surface area contributed by atoms with Crippen molar-refractivity contribution in [3.8, 4) is 0 Å². The SMILES string of the molecule is CNC(c1cccc2ccccc12)C1CN(C)CCO1. The average Bonchev–Trinajstić information content (AvgIpc) is 2.48. The number of rotatable bonds is 3. The molecule has 3 rings (SSSR count). The molecule has 106 valence electrons. The molecular formula is C17H22N2O. The topological polar surface area (TPSA) is 24.5 Å². The van der Waals surface area contributed by atoms with Gasteiger partial charge in [-0.15, -0.1) is 0 Å². The Hall–Kier alpha value is -1.42. The van der Waals surface area contributed by atoms with Crippen molar-refractivity contribution in [1.29, 1.82) is 0 Å². The minimum atomic E-state index is 0.199. The zero-order chi connectivity index (χ0) is 13.9. The Kier molecular flexibility index (Phi) is 4.01. The Labute approximate surface area is 120 Å². The van der Waals surface area contributed by atoms with Gasteiger partial charge < -0.3 is 15.0 Å². The zero-order valence-corrected chi connectivity index (χ0v) is 12.2. The van der Waals surface area contributed by atoms with Gasteiger partial charge in [-0.05, 0) is 30.4 Å². The monoisotopic (exact) mass is 270 g/mol. The Morgan fingerprint density at radius 1 is 1.20 bits per heavy atom. The van der Waals surface area contributed by atoms with Gasteiger partial charge in [-0.1, -0.05) is 42.5 Å². The molecular weight excluding hydrogens is 248 g/mol. The Morgan fingerprint density at radius 2 is 2.00 bits per heavy atom. The highest BCUT2D eigenvalue weighted by atomic mass is 16.5. The molecule has 1 fully saturated rings. The minimum absolute atomic E-state index is 0.199. The van der Waals surface area contributed by atoms with Crippen LogP contribution in [0, 0.1) is 0 Å². The molecule has 20 heavy (non-hydrogen) atoms. The fraction of sp³-hybridized carbons (Fsp3) is 0.412. The van der Waals surface area contributed by atoms with Gasteiger partial charge in [0.2, 0.25) is 0 Å². The number of nitrogens with one attached hydrogen (secondary N) is 1. The third kappa shape index (κ3) is 2.57. The van der Waals surface area contributed by atoms with Gasteiger partial charge in [0.25, 0.3) is 0 Å². The lowest BCUT2D eigenvalue weighted by Crippen LogP contribution is -2.46. The lowest BCUT2D eigenvalue weighted by atomic mass is 9.94. The van der Waals surface area contributed by atoms with E-state index in [1.165, 1.54) is 16.3 Å². The number of hydrogen-bond acceptors (Lipinski definition) is 3. The molecule has 2 atom stereocenters. The molecule has 1 heterocycles. The zero-order valence-electron chi connectivity index (χ0n) is 12.2. The highest BCUT2D eigenvalue weighted by molar-refractivity contribution is 5.86. The van der Waals surface area contributed by atoms with E-state index < -0.39 is 0 Å². The summed E-state index contributed by atoms with van der Waals surface area (Å²) < 4.78 is 6.00. The number of benzene rings is 2. The number of morpholine rings is 1. The Bertz CT molecular complexity index is 579. The maximum atomic E-state index is 6.00. The van der Waals surface area contributed by atoms with Crippen LogP contribution in [0.3, 0.4) is 0 Å². The van der Waals surface area contributed by atoms with Crippen LogP contribution in [0.15, 0.2) is 42.5 Å². The van der Waals surface area contributed by atoms with Crippen LogP contribution in [0.4, 0.5) is 0 Å². The van der Waals surface area contributed by atoms with Gasteiger partial charge >= 0.3 is 0 Å². The lowest BCUT2D eigenvalue weighted by Gasteiger charge is -2.35. The molecule has 3 nitrogen and oxygen atoms in total. The predicted molar refractivity (Wildman–Crippen MR) is 83.0 cm³/mol. The van der Waals surface area contributed by atoms with Crippen molar-refractivity contribution in [2.45, 2.75) is 12.1 Å². The van der Waals surface area contributed by atoms with Crippen molar-refractivity contribution >= 4 is 10.8 Å². The highest BCUT2D eigenvalue weighted by Gasteiger charge is 2.27. The van der Waals surface area contributed by atoms with Crippen molar-refractivity contribution < 1.29 is 4.74 Å². The first-order valence-electron chi connectivity index (χ1n) is 7.24. The molecule has 0 saturated carbocycles. The third-order valence-electron chi connectivity index (χ3n) is 4.14. The Balaban J connectivity index is 1.98. The van der Waals surface area contributed by atoms with E-state index in [2.05, 4.69) is 59.7 Å². The standard InChI is InChI=1S/C17H22N2O/c1-18-17(16-12-19(2)10-11-20-16)15-9-5-7-13-6-3-4-8-14(13)15/h3-9,16-18H,10-12H2,1-2H3. The quantitative estimate of drug-likeness (QED) is 0.927. The van der Waals surface area contributed by atoms with Crippen LogP contribution < -0.4 is 5.32 Å². The molecule has 0 bridgehead atoms. The van der Waals surface area contributed by atoms with Crippen molar-refractivity contribution in [3.63, 3.8) is 0 Å². The van der Waals surface area contributed by atoms with E-state index in [4.69, 9.17) is 4.74 Å². The van der Waals surface area contributed by atoms with E-state index in [0.717, 1.165) is 19.7 Å². The van der Waals surface area contributed by atoms with E-state index in [9.17, 15) is 0 Å². The van der Waals surface area contributed by atoms with Crippen molar-refractivity contribution in [2.75, 3.05) is 33.8 Å². The van der Waals surface area contributed by atoms with Crippen molar-refractivity contribution in [2.24, 2.45) is 0 Å². The summed E-state index contributed by atoms with van der Waals surface area (Å²) in [5, 5.41) is 6.05. The van der Waals surface area contributed by atoms with Crippen LogP contribution in [0.1, 0.15) is 11.6 Å². The summed E-state index contributed by atoms with van der Waals surface area (Å²) in [6.45, 7) is 2.79. The summed E-state index contributed by atoms with van der Waals surface area (Å²) in [5.74, 6) is 0. The average molecular weight is 270 g/mol. The van der Waals surface area contributed by atoms with Crippen LogP contribution in [-0.2, 0) is 4.74 Å². The van der Waals surface area contributed by atoms with Crippen LogP contribution in [0.25, 0.3) is 10.8 Å². The molecule has 3 heteroatoms.